The number of likely N-dealkylation sites (tertiary alicyclic amines) is 1. The maximum Gasteiger partial charge on any atom is 0.217 e. The molecule has 3 nitrogen and oxygen atoms in total. The Kier molecular flexibility index (Phi) is 7.28. The highest BCUT2D eigenvalue weighted by atomic mass is 19.1. The number of aromatic nitrogens is 1. The molecular formula is C21H29F2N3. The minimum atomic E-state index is -1.06. The number of hydrogen-bond acceptors (Lipinski definition) is 3. The molecule has 2 heterocycles. The predicted octanol–water partition coefficient (Wildman–Crippen LogP) is 5.28. The van der Waals surface area contributed by atoms with Gasteiger partial charge in [-0.25, -0.2) is 9.37 Å². The maximum atomic E-state index is 14.4. The van der Waals surface area contributed by atoms with Crippen LogP contribution in [0.2, 0.25) is 0 Å². The number of alkyl halides is 1. The summed E-state index contributed by atoms with van der Waals surface area (Å²) in [6.07, 6.45) is 4.99. The average Bonchev–Trinajstić information content (AvgIpc) is 3.17. The first-order valence-electron chi connectivity index (χ1n) is 9.60. The quantitative estimate of drug-likeness (QED) is 0.685. The van der Waals surface area contributed by atoms with Crippen LogP contribution in [-0.4, -0.2) is 29.1 Å². The Bertz CT molecular complexity index is 680. The second-order valence-corrected chi connectivity index (χ2v) is 7.21. The van der Waals surface area contributed by atoms with Crippen molar-refractivity contribution < 1.29 is 8.78 Å². The van der Waals surface area contributed by atoms with Gasteiger partial charge in [-0.1, -0.05) is 32.9 Å². The van der Waals surface area contributed by atoms with Crippen molar-refractivity contribution in [1.82, 2.24) is 9.88 Å². The molecule has 0 bridgehead atoms. The van der Waals surface area contributed by atoms with E-state index in [-0.39, 0.29) is 13.0 Å². The van der Waals surface area contributed by atoms with Crippen molar-refractivity contribution in [2.45, 2.75) is 65.6 Å². The van der Waals surface area contributed by atoms with Crippen molar-refractivity contribution in [3.8, 4) is 6.07 Å². The second-order valence-electron chi connectivity index (χ2n) is 7.21. The number of hydrogen-bond donors (Lipinski definition) is 0. The van der Waals surface area contributed by atoms with E-state index in [2.05, 4.69) is 17.1 Å². The molecule has 0 N–H and O–H groups in total. The molecule has 0 spiro atoms. The lowest BCUT2D eigenvalue weighted by Crippen LogP contribution is -2.47. The number of allylic oxidation sites excluding steroid dienone is 2. The van der Waals surface area contributed by atoms with Crippen LogP contribution in [0.15, 0.2) is 18.2 Å². The van der Waals surface area contributed by atoms with Gasteiger partial charge in [-0.15, -0.1) is 0 Å². The number of rotatable bonds is 4. The molecule has 1 aromatic heterocycles. The summed E-state index contributed by atoms with van der Waals surface area (Å²) in [6, 6.07) is 5.72. The van der Waals surface area contributed by atoms with Crippen molar-refractivity contribution in [3.05, 3.63) is 35.4 Å². The molecule has 1 aliphatic heterocycles. The predicted molar refractivity (Wildman–Crippen MR) is 100 cm³/mol. The van der Waals surface area contributed by atoms with E-state index in [1.165, 1.54) is 0 Å². The van der Waals surface area contributed by atoms with E-state index in [1.807, 2.05) is 31.7 Å². The zero-order chi connectivity index (χ0) is 19.2. The third-order valence-corrected chi connectivity index (χ3v) is 5.35. The molecule has 2 atom stereocenters. The van der Waals surface area contributed by atoms with Gasteiger partial charge in [0.05, 0.1) is 11.8 Å². The lowest BCUT2D eigenvalue weighted by atomic mass is 9.76. The SMILES string of the molecule is CC.CC1(CC#N)CCN(Cc2ccc(C3=CCCC3)nc2F)CC1F. The molecule has 26 heavy (non-hydrogen) atoms. The molecule has 5 heteroatoms. The molecule has 3 rings (SSSR count). The highest BCUT2D eigenvalue weighted by molar-refractivity contribution is 5.64. The van der Waals surface area contributed by atoms with Crippen molar-refractivity contribution in [2.75, 3.05) is 13.1 Å². The summed E-state index contributed by atoms with van der Waals surface area (Å²) in [6.45, 7) is 7.10. The van der Waals surface area contributed by atoms with E-state index < -0.39 is 17.5 Å². The standard InChI is InChI=1S/C19H23F2N3.C2H6/c1-19(8-10-22)9-11-24(13-17(19)20)12-15-6-7-16(23-18(15)21)14-4-2-3-5-14;1-2/h4,6-7,17H,2-3,5,8-9,11-13H2,1H3;1-2H3. The summed E-state index contributed by atoms with van der Waals surface area (Å²) in [5, 5.41) is 8.86. The Hall–Kier alpha value is -1.80. The topological polar surface area (TPSA) is 39.9 Å². The Balaban J connectivity index is 0.00000117. The van der Waals surface area contributed by atoms with Crippen molar-refractivity contribution in [1.29, 1.82) is 5.26 Å². The third kappa shape index (κ3) is 4.67. The van der Waals surface area contributed by atoms with E-state index in [4.69, 9.17) is 5.26 Å². The van der Waals surface area contributed by atoms with Gasteiger partial charge in [0.25, 0.3) is 0 Å². The normalized spacial score (nSPS) is 25.8. The minimum Gasteiger partial charge on any atom is -0.296 e. The Labute approximate surface area is 155 Å². The monoisotopic (exact) mass is 361 g/mol. The highest BCUT2D eigenvalue weighted by Crippen LogP contribution is 2.37. The minimum absolute atomic E-state index is 0.224. The molecule has 1 fully saturated rings. The summed E-state index contributed by atoms with van der Waals surface area (Å²) in [5.74, 6) is -0.457. The number of piperidine rings is 1. The van der Waals surface area contributed by atoms with Gasteiger partial charge in [-0.2, -0.15) is 9.65 Å². The van der Waals surface area contributed by atoms with Crippen molar-refractivity contribution in [3.63, 3.8) is 0 Å². The van der Waals surface area contributed by atoms with Crippen LogP contribution in [0.3, 0.4) is 0 Å². The van der Waals surface area contributed by atoms with Crippen LogP contribution in [0.5, 0.6) is 0 Å². The summed E-state index contributed by atoms with van der Waals surface area (Å²) >= 11 is 0. The summed E-state index contributed by atoms with van der Waals surface area (Å²) in [4.78, 5) is 6.01. The summed E-state index contributed by atoms with van der Waals surface area (Å²) in [7, 11) is 0. The Morgan fingerprint density at radius 1 is 1.38 bits per heavy atom. The molecule has 0 amide bonds. The smallest absolute Gasteiger partial charge is 0.217 e. The van der Waals surface area contributed by atoms with Crippen molar-refractivity contribution >= 4 is 5.57 Å². The van der Waals surface area contributed by atoms with Gasteiger partial charge in [0, 0.05) is 30.5 Å². The van der Waals surface area contributed by atoms with E-state index in [1.54, 1.807) is 6.07 Å². The molecule has 1 aromatic rings. The maximum absolute atomic E-state index is 14.4. The van der Waals surface area contributed by atoms with Crippen LogP contribution in [0.1, 0.15) is 64.1 Å². The van der Waals surface area contributed by atoms with Gasteiger partial charge in [0.2, 0.25) is 5.95 Å². The first-order valence-corrected chi connectivity index (χ1v) is 9.60. The molecule has 142 valence electrons. The molecule has 2 aliphatic rings. The average molecular weight is 361 g/mol. The third-order valence-electron chi connectivity index (χ3n) is 5.35. The van der Waals surface area contributed by atoms with Crippen LogP contribution in [0.4, 0.5) is 8.78 Å². The van der Waals surface area contributed by atoms with Gasteiger partial charge in [-0.05, 0) is 43.9 Å². The fourth-order valence-electron chi connectivity index (χ4n) is 3.54. The Morgan fingerprint density at radius 2 is 2.15 bits per heavy atom. The van der Waals surface area contributed by atoms with Gasteiger partial charge >= 0.3 is 0 Å². The molecule has 1 saturated heterocycles. The van der Waals surface area contributed by atoms with E-state index in [0.717, 1.165) is 30.5 Å². The lowest BCUT2D eigenvalue weighted by Gasteiger charge is -2.40. The molecular weight excluding hydrogens is 332 g/mol. The number of pyridine rings is 1. The zero-order valence-electron chi connectivity index (χ0n) is 16.1. The van der Waals surface area contributed by atoms with E-state index in [9.17, 15) is 8.78 Å². The molecule has 0 aromatic carbocycles. The number of nitrogens with zero attached hydrogens (tertiary/aromatic N) is 3. The van der Waals surface area contributed by atoms with Gasteiger partial charge in [0.15, 0.2) is 0 Å². The largest absolute Gasteiger partial charge is 0.296 e. The van der Waals surface area contributed by atoms with Crippen LogP contribution in [0, 0.1) is 22.7 Å². The fourth-order valence-corrected chi connectivity index (χ4v) is 3.54. The van der Waals surface area contributed by atoms with Gasteiger partial charge in [0.1, 0.15) is 6.17 Å². The van der Waals surface area contributed by atoms with Gasteiger partial charge in [-0.3, -0.25) is 4.90 Å². The molecule has 2 unspecified atom stereocenters. The number of nitriles is 1. The number of halogens is 2. The molecule has 0 saturated carbocycles. The first-order chi connectivity index (χ1) is 12.5. The first kappa shape index (κ1) is 20.5. The zero-order valence-corrected chi connectivity index (χ0v) is 16.1. The fraction of sp³-hybridized carbons (Fsp3) is 0.619. The van der Waals surface area contributed by atoms with Crippen LogP contribution in [-0.2, 0) is 6.54 Å². The van der Waals surface area contributed by atoms with E-state index >= 15 is 0 Å². The van der Waals surface area contributed by atoms with Crippen LogP contribution in [0.25, 0.3) is 5.57 Å². The lowest BCUT2D eigenvalue weighted by molar-refractivity contribution is 0.0181. The molecule has 0 radical (unpaired) electrons. The highest BCUT2D eigenvalue weighted by Gasteiger charge is 2.39. The summed E-state index contributed by atoms with van der Waals surface area (Å²) < 4.78 is 28.8. The van der Waals surface area contributed by atoms with Crippen LogP contribution >= 0.6 is 0 Å². The van der Waals surface area contributed by atoms with E-state index in [0.29, 0.717) is 25.1 Å². The Morgan fingerprint density at radius 3 is 2.73 bits per heavy atom. The van der Waals surface area contributed by atoms with Crippen molar-refractivity contribution in [2.24, 2.45) is 5.41 Å². The second kappa shape index (κ2) is 9.23. The van der Waals surface area contributed by atoms with Crippen LogP contribution < -0.4 is 0 Å². The molecule has 1 aliphatic carbocycles. The van der Waals surface area contributed by atoms with Gasteiger partial charge < -0.3 is 0 Å². The summed E-state index contributed by atoms with van der Waals surface area (Å²) in [5.41, 5.74) is 1.77.